The molecule has 0 aliphatic heterocycles. The smallest absolute Gasteiger partial charge is 0.218 e. The van der Waals surface area contributed by atoms with Gasteiger partial charge in [0.25, 0.3) is 0 Å². The van der Waals surface area contributed by atoms with E-state index in [-0.39, 0.29) is 11.9 Å². The summed E-state index contributed by atoms with van der Waals surface area (Å²) in [6.45, 7) is 3.11. The molecule has 1 aromatic heterocycles. The highest BCUT2D eigenvalue weighted by Gasteiger charge is 2.05. The molecule has 1 heterocycles. The Morgan fingerprint density at radius 1 is 1.29 bits per heavy atom. The van der Waals surface area contributed by atoms with Crippen LogP contribution in [-0.4, -0.2) is 30.1 Å². The van der Waals surface area contributed by atoms with Crippen molar-refractivity contribution in [3.63, 3.8) is 0 Å². The van der Waals surface area contributed by atoms with E-state index < -0.39 is 0 Å². The number of hydrogen-bond donors (Lipinski definition) is 4. The maximum absolute atomic E-state index is 5.57. The number of hydrogen-bond acceptors (Lipinski definition) is 2. The third kappa shape index (κ3) is 3.88. The summed E-state index contributed by atoms with van der Waals surface area (Å²) >= 11 is 0. The average molecular weight is 288 g/mol. The highest BCUT2D eigenvalue weighted by Crippen LogP contribution is 2.24. The highest BCUT2D eigenvalue weighted by molar-refractivity contribution is 5.92. The second-order valence-corrected chi connectivity index (χ2v) is 4.48. The first-order valence-corrected chi connectivity index (χ1v) is 6.72. The number of nitrogens with two attached hydrogens (primary N) is 3. The van der Waals surface area contributed by atoms with Gasteiger partial charge in [-0.2, -0.15) is 4.99 Å². The molecule has 112 valence electrons. The van der Waals surface area contributed by atoms with Gasteiger partial charge in [0.1, 0.15) is 5.75 Å². The van der Waals surface area contributed by atoms with Gasteiger partial charge >= 0.3 is 0 Å². The molecular weight excluding hydrogens is 268 g/mol. The number of fused-ring (bicyclic) bond motifs is 1. The Morgan fingerprint density at radius 2 is 2.10 bits per heavy atom. The van der Waals surface area contributed by atoms with Crippen LogP contribution in [0.3, 0.4) is 0 Å². The molecular formula is C14H20N6O. The third-order valence-corrected chi connectivity index (χ3v) is 2.95. The van der Waals surface area contributed by atoms with Gasteiger partial charge in [0, 0.05) is 23.6 Å². The molecule has 0 amide bonds. The maximum atomic E-state index is 5.57. The van der Waals surface area contributed by atoms with Crippen molar-refractivity contribution >= 4 is 22.8 Å². The highest BCUT2D eigenvalue weighted by atomic mass is 16.5. The van der Waals surface area contributed by atoms with Crippen LogP contribution >= 0.6 is 0 Å². The van der Waals surface area contributed by atoms with E-state index in [2.05, 4.69) is 15.0 Å². The van der Waals surface area contributed by atoms with Gasteiger partial charge in [0.2, 0.25) is 5.96 Å². The molecule has 0 aliphatic rings. The number of aliphatic imine (C=N–C) groups is 2. The Hall–Kier alpha value is -2.70. The van der Waals surface area contributed by atoms with Crippen molar-refractivity contribution in [3.8, 4) is 5.75 Å². The van der Waals surface area contributed by atoms with Crippen LogP contribution in [-0.2, 0) is 6.42 Å². The SMILES string of the molecule is CCOc1ccc2[nH]cc(CCN=C(N)N=C(N)N)c2c1. The van der Waals surface area contributed by atoms with Gasteiger partial charge in [0.05, 0.1) is 6.61 Å². The predicted octanol–water partition coefficient (Wildman–Crippen LogP) is 0.697. The lowest BCUT2D eigenvalue weighted by Gasteiger charge is -2.03. The molecule has 0 saturated carbocycles. The van der Waals surface area contributed by atoms with E-state index in [1.165, 1.54) is 0 Å². The molecule has 0 atom stereocenters. The van der Waals surface area contributed by atoms with E-state index in [1.807, 2.05) is 31.3 Å². The lowest BCUT2D eigenvalue weighted by Crippen LogP contribution is -2.26. The minimum Gasteiger partial charge on any atom is -0.494 e. The molecule has 0 saturated heterocycles. The Balaban J connectivity index is 2.11. The largest absolute Gasteiger partial charge is 0.494 e. The van der Waals surface area contributed by atoms with Gasteiger partial charge in [-0.15, -0.1) is 0 Å². The molecule has 2 aromatic rings. The zero-order chi connectivity index (χ0) is 15.2. The number of guanidine groups is 2. The molecule has 0 fully saturated rings. The van der Waals surface area contributed by atoms with Gasteiger partial charge in [-0.25, -0.2) is 0 Å². The van der Waals surface area contributed by atoms with E-state index in [0.29, 0.717) is 13.2 Å². The van der Waals surface area contributed by atoms with Crippen LogP contribution in [0.4, 0.5) is 0 Å². The van der Waals surface area contributed by atoms with Crippen molar-refractivity contribution in [1.29, 1.82) is 0 Å². The van der Waals surface area contributed by atoms with Crippen LogP contribution in [0.15, 0.2) is 34.4 Å². The fourth-order valence-corrected chi connectivity index (χ4v) is 2.08. The minimum atomic E-state index is -0.0929. The van der Waals surface area contributed by atoms with E-state index in [0.717, 1.165) is 28.6 Å². The standard InChI is InChI=1S/C14H20N6O/c1-2-21-10-3-4-12-11(7-10)9(8-19-12)5-6-18-14(17)20-13(15)16/h3-4,7-8,19H,2,5-6H2,1H3,(H6,15,16,17,18,20). The first kappa shape index (κ1) is 14.7. The van der Waals surface area contributed by atoms with Crippen molar-refractivity contribution in [3.05, 3.63) is 30.0 Å². The van der Waals surface area contributed by atoms with E-state index in [9.17, 15) is 0 Å². The first-order chi connectivity index (χ1) is 10.1. The van der Waals surface area contributed by atoms with Gasteiger partial charge in [-0.05, 0) is 37.1 Å². The molecule has 0 bridgehead atoms. The second kappa shape index (κ2) is 6.65. The zero-order valence-electron chi connectivity index (χ0n) is 12.0. The Bertz CT molecular complexity index is 669. The van der Waals surface area contributed by atoms with Crippen LogP contribution in [0.1, 0.15) is 12.5 Å². The van der Waals surface area contributed by atoms with Crippen molar-refractivity contribution in [2.75, 3.05) is 13.2 Å². The molecule has 7 N–H and O–H groups in total. The Morgan fingerprint density at radius 3 is 2.81 bits per heavy atom. The number of aromatic nitrogens is 1. The van der Waals surface area contributed by atoms with Gasteiger partial charge in [-0.3, -0.25) is 4.99 Å². The van der Waals surface area contributed by atoms with Gasteiger partial charge < -0.3 is 26.9 Å². The second-order valence-electron chi connectivity index (χ2n) is 4.48. The van der Waals surface area contributed by atoms with Crippen molar-refractivity contribution in [2.45, 2.75) is 13.3 Å². The first-order valence-electron chi connectivity index (χ1n) is 6.72. The molecule has 1 aromatic carbocycles. The quantitative estimate of drug-likeness (QED) is 0.477. The Labute approximate surface area is 122 Å². The predicted molar refractivity (Wildman–Crippen MR) is 85.5 cm³/mol. The van der Waals surface area contributed by atoms with Gasteiger partial charge in [0.15, 0.2) is 5.96 Å². The minimum absolute atomic E-state index is 0.0878. The summed E-state index contributed by atoms with van der Waals surface area (Å²) < 4.78 is 5.52. The molecule has 21 heavy (non-hydrogen) atoms. The monoisotopic (exact) mass is 288 g/mol. The number of nitrogens with one attached hydrogen (secondary N) is 1. The Kier molecular flexibility index (Phi) is 4.65. The molecule has 2 rings (SSSR count). The lowest BCUT2D eigenvalue weighted by molar-refractivity contribution is 0.340. The average Bonchev–Trinajstić information content (AvgIpc) is 2.81. The number of H-pyrrole nitrogens is 1. The summed E-state index contributed by atoms with van der Waals surface area (Å²) in [5.74, 6) is 0.851. The number of nitrogens with zero attached hydrogens (tertiary/aromatic N) is 2. The van der Waals surface area contributed by atoms with Crippen LogP contribution in [0.5, 0.6) is 5.75 Å². The number of ether oxygens (including phenoxy) is 1. The summed E-state index contributed by atoms with van der Waals surface area (Å²) in [7, 11) is 0. The summed E-state index contributed by atoms with van der Waals surface area (Å²) in [5.41, 5.74) is 18.2. The molecule has 0 radical (unpaired) electrons. The normalized spacial score (nSPS) is 11.6. The van der Waals surface area contributed by atoms with E-state index in [1.54, 1.807) is 0 Å². The molecule has 0 spiro atoms. The van der Waals surface area contributed by atoms with E-state index in [4.69, 9.17) is 21.9 Å². The van der Waals surface area contributed by atoms with Crippen LogP contribution < -0.4 is 21.9 Å². The molecule has 0 aliphatic carbocycles. The topological polar surface area (TPSA) is 128 Å². The fraction of sp³-hybridized carbons (Fsp3) is 0.286. The van der Waals surface area contributed by atoms with Crippen molar-refractivity contribution in [2.24, 2.45) is 27.2 Å². The molecule has 0 unspecified atom stereocenters. The maximum Gasteiger partial charge on any atom is 0.218 e. The van der Waals surface area contributed by atoms with Crippen molar-refractivity contribution in [1.82, 2.24) is 4.98 Å². The zero-order valence-corrected chi connectivity index (χ0v) is 12.0. The van der Waals surface area contributed by atoms with E-state index >= 15 is 0 Å². The summed E-state index contributed by atoms with van der Waals surface area (Å²) in [6, 6.07) is 5.97. The van der Waals surface area contributed by atoms with Crippen LogP contribution in [0, 0.1) is 0 Å². The fourth-order valence-electron chi connectivity index (χ4n) is 2.08. The lowest BCUT2D eigenvalue weighted by atomic mass is 10.1. The third-order valence-electron chi connectivity index (χ3n) is 2.95. The van der Waals surface area contributed by atoms with Crippen LogP contribution in [0.25, 0.3) is 10.9 Å². The van der Waals surface area contributed by atoms with Crippen molar-refractivity contribution < 1.29 is 4.74 Å². The summed E-state index contributed by atoms with van der Waals surface area (Å²) in [5, 5.41) is 1.12. The molecule has 7 nitrogen and oxygen atoms in total. The number of rotatable bonds is 5. The van der Waals surface area contributed by atoms with Gasteiger partial charge in [-0.1, -0.05) is 0 Å². The number of aromatic amines is 1. The summed E-state index contributed by atoms with van der Waals surface area (Å²) in [4.78, 5) is 11.0. The summed E-state index contributed by atoms with van der Waals surface area (Å²) in [6.07, 6.45) is 2.70. The molecule has 7 heteroatoms. The van der Waals surface area contributed by atoms with Crippen LogP contribution in [0.2, 0.25) is 0 Å². The number of benzene rings is 1.